The fourth-order valence-corrected chi connectivity index (χ4v) is 2.11. The maximum atomic E-state index is 5.46. The van der Waals surface area contributed by atoms with Crippen LogP contribution >= 0.6 is 0 Å². The van der Waals surface area contributed by atoms with E-state index in [2.05, 4.69) is 35.6 Å². The Balaban J connectivity index is 1.82. The summed E-state index contributed by atoms with van der Waals surface area (Å²) in [7, 11) is 0. The zero-order valence-corrected chi connectivity index (χ0v) is 11.5. The van der Waals surface area contributed by atoms with E-state index in [0.29, 0.717) is 0 Å². The molecule has 102 valence electrons. The third-order valence-electron chi connectivity index (χ3n) is 3.23. The predicted octanol–water partition coefficient (Wildman–Crippen LogP) is 3.47. The first-order valence-electron chi connectivity index (χ1n) is 7.38. The van der Waals surface area contributed by atoms with Gasteiger partial charge in [0.1, 0.15) is 0 Å². The standard InChI is InChI=1S/C16H28N2/c17-13-9-4-2-1-3-5-10-14-18-15-16-11-7-6-8-12-16/h6-8,11-12,18H,1-5,9-10,13-15,17H2. The van der Waals surface area contributed by atoms with E-state index in [1.165, 1.54) is 50.5 Å². The zero-order chi connectivity index (χ0) is 12.9. The molecule has 0 fully saturated rings. The molecule has 0 radical (unpaired) electrons. The number of rotatable bonds is 11. The highest BCUT2D eigenvalue weighted by Gasteiger charge is 1.93. The quantitative estimate of drug-likeness (QED) is 0.589. The van der Waals surface area contributed by atoms with Crippen molar-refractivity contribution < 1.29 is 0 Å². The number of nitrogens with two attached hydrogens (primary N) is 1. The van der Waals surface area contributed by atoms with E-state index in [4.69, 9.17) is 5.73 Å². The summed E-state index contributed by atoms with van der Waals surface area (Å²) in [6.45, 7) is 2.98. The number of nitrogens with one attached hydrogen (secondary N) is 1. The minimum Gasteiger partial charge on any atom is -0.330 e. The Morgan fingerprint density at radius 2 is 1.39 bits per heavy atom. The zero-order valence-electron chi connectivity index (χ0n) is 11.5. The van der Waals surface area contributed by atoms with Gasteiger partial charge in [-0.2, -0.15) is 0 Å². The summed E-state index contributed by atoms with van der Waals surface area (Å²) in [5, 5.41) is 3.50. The predicted molar refractivity (Wildman–Crippen MR) is 79.5 cm³/mol. The lowest BCUT2D eigenvalue weighted by atomic mass is 10.1. The van der Waals surface area contributed by atoms with Crippen LogP contribution in [0.3, 0.4) is 0 Å². The largest absolute Gasteiger partial charge is 0.330 e. The minimum absolute atomic E-state index is 0.851. The molecule has 0 bridgehead atoms. The first kappa shape index (κ1) is 15.2. The molecule has 1 aromatic carbocycles. The van der Waals surface area contributed by atoms with Gasteiger partial charge in [-0.25, -0.2) is 0 Å². The Labute approximate surface area is 112 Å². The van der Waals surface area contributed by atoms with Crippen molar-refractivity contribution in [2.24, 2.45) is 5.73 Å². The second kappa shape index (κ2) is 11.2. The summed E-state index contributed by atoms with van der Waals surface area (Å²) >= 11 is 0. The molecule has 0 aliphatic rings. The van der Waals surface area contributed by atoms with Gasteiger partial charge in [0.25, 0.3) is 0 Å². The van der Waals surface area contributed by atoms with Crippen LogP contribution in [0.25, 0.3) is 0 Å². The van der Waals surface area contributed by atoms with Gasteiger partial charge in [0.15, 0.2) is 0 Å². The van der Waals surface area contributed by atoms with E-state index in [1.54, 1.807) is 0 Å². The summed E-state index contributed by atoms with van der Waals surface area (Å²) in [6, 6.07) is 10.6. The lowest BCUT2D eigenvalue weighted by molar-refractivity contribution is 0.559. The number of benzene rings is 1. The van der Waals surface area contributed by atoms with Gasteiger partial charge in [0.2, 0.25) is 0 Å². The molecule has 0 saturated carbocycles. The molecule has 1 aromatic rings. The van der Waals surface area contributed by atoms with Crippen molar-refractivity contribution in [1.29, 1.82) is 0 Å². The molecule has 3 N–H and O–H groups in total. The van der Waals surface area contributed by atoms with Crippen molar-refractivity contribution in [3.63, 3.8) is 0 Å². The van der Waals surface area contributed by atoms with Crippen LogP contribution in [0.4, 0.5) is 0 Å². The first-order chi connectivity index (χ1) is 8.93. The van der Waals surface area contributed by atoms with Crippen LogP contribution in [-0.2, 0) is 6.54 Å². The average molecular weight is 248 g/mol. The number of unbranched alkanes of at least 4 members (excludes halogenated alkanes) is 6. The van der Waals surface area contributed by atoms with Gasteiger partial charge in [-0.1, -0.05) is 62.4 Å². The molecule has 0 saturated heterocycles. The second-order valence-electron chi connectivity index (χ2n) is 4.93. The lowest BCUT2D eigenvalue weighted by Crippen LogP contribution is -2.14. The maximum Gasteiger partial charge on any atom is 0.0205 e. The Hall–Kier alpha value is -0.860. The molecule has 0 aromatic heterocycles. The maximum absolute atomic E-state index is 5.46. The van der Waals surface area contributed by atoms with Crippen LogP contribution in [0, 0.1) is 0 Å². The van der Waals surface area contributed by atoms with Gasteiger partial charge in [-0.05, 0) is 31.5 Å². The fourth-order valence-electron chi connectivity index (χ4n) is 2.11. The third kappa shape index (κ3) is 8.26. The third-order valence-corrected chi connectivity index (χ3v) is 3.23. The van der Waals surface area contributed by atoms with Crippen LogP contribution in [-0.4, -0.2) is 13.1 Å². The Kier molecular flexibility index (Phi) is 9.49. The highest BCUT2D eigenvalue weighted by molar-refractivity contribution is 5.14. The average Bonchev–Trinajstić information content (AvgIpc) is 2.42. The molecule has 0 amide bonds. The monoisotopic (exact) mass is 248 g/mol. The molecule has 0 unspecified atom stereocenters. The molecule has 0 aliphatic heterocycles. The van der Waals surface area contributed by atoms with Gasteiger partial charge < -0.3 is 11.1 Å². The second-order valence-corrected chi connectivity index (χ2v) is 4.93. The van der Waals surface area contributed by atoms with Gasteiger partial charge >= 0.3 is 0 Å². The molecule has 0 heterocycles. The van der Waals surface area contributed by atoms with E-state index in [1.807, 2.05) is 0 Å². The number of hydrogen-bond acceptors (Lipinski definition) is 2. The Bertz CT molecular complexity index is 272. The van der Waals surface area contributed by atoms with Crippen LogP contribution in [0.2, 0.25) is 0 Å². The molecule has 0 aliphatic carbocycles. The molecule has 2 heteroatoms. The van der Waals surface area contributed by atoms with E-state index in [9.17, 15) is 0 Å². The Morgan fingerprint density at radius 1 is 0.778 bits per heavy atom. The highest BCUT2D eigenvalue weighted by Crippen LogP contribution is 2.06. The number of hydrogen-bond donors (Lipinski definition) is 2. The van der Waals surface area contributed by atoms with Gasteiger partial charge in [0, 0.05) is 6.54 Å². The molecular formula is C16H28N2. The van der Waals surface area contributed by atoms with E-state index >= 15 is 0 Å². The van der Waals surface area contributed by atoms with Crippen molar-refractivity contribution in [2.75, 3.05) is 13.1 Å². The smallest absolute Gasteiger partial charge is 0.0205 e. The fraction of sp³-hybridized carbons (Fsp3) is 0.625. The lowest BCUT2D eigenvalue weighted by Gasteiger charge is -2.05. The topological polar surface area (TPSA) is 38.0 Å². The summed E-state index contributed by atoms with van der Waals surface area (Å²) in [6.07, 6.45) is 9.25. The van der Waals surface area contributed by atoms with Crippen molar-refractivity contribution >= 4 is 0 Å². The SMILES string of the molecule is NCCCCCCCCCNCc1ccccc1. The van der Waals surface area contributed by atoms with E-state index < -0.39 is 0 Å². The van der Waals surface area contributed by atoms with Crippen LogP contribution in [0.5, 0.6) is 0 Å². The van der Waals surface area contributed by atoms with E-state index in [-0.39, 0.29) is 0 Å². The van der Waals surface area contributed by atoms with Crippen LogP contribution < -0.4 is 11.1 Å². The normalized spacial score (nSPS) is 10.7. The summed E-state index contributed by atoms with van der Waals surface area (Å²) < 4.78 is 0. The highest BCUT2D eigenvalue weighted by atomic mass is 14.8. The van der Waals surface area contributed by atoms with E-state index in [0.717, 1.165) is 19.6 Å². The van der Waals surface area contributed by atoms with Gasteiger partial charge in [0.05, 0.1) is 0 Å². The summed E-state index contributed by atoms with van der Waals surface area (Å²) in [4.78, 5) is 0. The van der Waals surface area contributed by atoms with Crippen LogP contribution in [0.15, 0.2) is 30.3 Å². The Morgan fingerprint density at radius 3 is 2.06 bits per heavy atom. The van der Waals surface area contributed by atoms with Crippen molar-refractivity contribution in [3.05, 3.63) is 35.9 Å². The molecule has 0 spiro atoms. The molecule has 2 nitrogen and oxygen atoms in total. The van der Waals surface area contributed by atoms with Crippen molar-refractivity contribution in [3.8, 4) is 0 Å². The molecule has 0 atom stereocenters. The summed E-state index contributed by atoms with van der Waals surface area (Å²) in [5.74, 6) is 0. The molecular weight excluding hydrogens is 220 g/mol. The van der Waals surface area contributed by atoms with Crippen molar-refractivity contribution in [2.45, 2.75) is 51.5 Å². The first-order valence-corrected chi connectivity index (χ1v) is 7.38. The van der Waals surface area contributed by atoms with Gasteiger partial charge in [-0.15, -0.1) is 0 Å². The van der Waals surface area contributed by atoms with Crippen molar-refractivity contribution in [1.82, 2.24) is 5.32 Å². The summed E-state index contributed by atoms with van der Waals surface area (Å²) in [5.41, 5.74) is 6.84. The minimum atomic E-state index is 0.851. The van der Waals surface area contributed by atoms with Crippen LogP contribution in [0.1, 0.15) is 50.5 Å². The molecule has 1 rings (SSSR count). The molecule has 18 heavy (non-hydrogen) atoms. The van der Waals surface area contributed by atoms with Gasteiger partial charge in [-0.3, -0.25) is 0 Å².